The molecule has 5 rings (SSSR count). The van der Waals surface area contributed by atoms with Gasteiger partial charge in [0.2, 0.25) is 0 Å². The number of nitrogens with one attached hydrogen (secondary N) is 1. The number of hydrogen-bond donors (Lipinski definition) is 2. The Hall–Kier alpha value is -4.63. The summed E-state index contributed by atoms with van der Waals surface area (Å²) in [5.41, 5.74) is 4.10. The molecule has 9 nitrogen and oxygen atoms in total. The zero-order valence-corrected chi connectivity index (χ0v) is 23.8. The highest BCUT2D eigenvalue weighted by Crippen LogP contribution is 2.39. The van der Waals surface area contributed by atoms with Crippen molar-refractivity contribution in [1.29, 1.82) is 0 Å². The van der Waals surface area contributed by atoms with E-state index in [4.69, 9.17) is 19.3 Å². The average molecular weight is 570 g/mol. The van der Waals surface area contributed by atoms with Crippen LogP contribution in [-0.2, 0) is 26.5 Å². The van der Waals surface area contributed by atoms with Crippen molar-refractivity contribution >= 4 is 12.1 Å². The van der Waals surface area contributed by atoms with Gasteiger partial charge in [-0.2, -0.15) is 5.10 Å². The summed E-state index contributed by atoms with van der Waals surface area (Å²) < 4.78 is 17.9. The van der Waals surface area contributed by atoms with E-state index in [0.717, 1.165) is 33.8 Å². The molecule has 4 aromatic rings. The largest absolute Gasteiger partial charge is 0.497 e. The molecule has 1 amide bonds. The molecule has 0 atom stereocenters. The summed E-state index contributed by atoms with van der Waals surface area (Å²) in [5.74, 6) is 0.196. The first kappa shape index (κ1) is 28.9. The number of carbonyl (C=O) groups is 2. The molecule has 0 unspecified atom stereocenters. The maximum atomic E-state index is 12.4. The topological polar surface area (TPSA) is 112 Å². The van der Waals surface area contributed by atoms with Gasteiger partial charge >= 0.3 is 12.1 Å². The number of aliphatic hydroxyl groups is 1. The third-order valence-electron chi connectivity index (χ3n) is 7.50. The fourth-order valence-corrected chi connectivity index (χ4v) is 5.05. The second-order valence-corrected chi connectivity index (χ2v) is 10.5. The van der Waals surface area contributed by atoms with E-state index in [0.29, 0.717) is 31.4 Å². The lowest BCUT2D eigenvalue weighted by Crippen LogP contribution is -2.38. The summed E-state index contributed by atoms with van der Waals surface area (Å²) in [4.78, 5) is 24.3. The molecule has 0 aliphatic heterocycles. The van der Waals surface area contributed by atoms with Gasteiger partial charge in [0.25, 0.3) is 0 Å². The lowest BCUT2D eigenvalue weighted by atomic mass is 9.81. The number of alkyl carbamates (subject to hydrolysis) is 1. The van der Waals surface area contributed by atoms with Crippen LogP contribution in [0.1, 0.15) is 42.5 Å². The van der Waals surface area contributed by atoms with Crippen molar-refractivity contribution in [2.24, 2.45) is 0 Å². The molecule has 1 aromatic heterocycles. The third kappa shape index (κ3) is 6.98. The molecule has 0 bridgehead atoms. The Kier molecular flexibility index (Phi) is 8.88. The molecule has 0 spiro atoms. The van der Waals surface area contributed by atoms with Crippen molar-refractivity contribution in [1.82, 2.24) is 15.1 Å². The molecule has 1 aliphatic rings. The predicted octanol–water partition coefficient (Wildman–Crippen LogP) is 5.46. The number of nitrogens with zero attached hydrogens (tertiary/aromatic N) is 2. The fraction of sp³-hybridized carbons (Fsp3) is 0.303. The molecule has 3 aromatic carbocycles. The third-order valence-corrected chi connectivity index (χ3v) is 7.50. The number of carbonyl (C=O) groups excluding carboxylic acids is 2. The first-order valence-corrected chi connectivity index (χ1v) is 14.0. The summed E-state index contributed by atoms with van der Waals surface area (Å²) in [6.07, 6.45) is 0.645. The van der Waals surface area contributed by atoms with E-state index in [2.05, 4.69) is 5.32 Å². The second kappa shape index (κ2) is 12.9. The van der Waals surface area contributed by atoms with Crippen LogP contribution in [0.15, 0.2) is 84.9 Å². The SMILES string of the molecule is COc1ccc(-n2nc(C3(O)CCC(OC(=O)CNC(=O)OCc4ccccc4)CC3)cc2-c2ccc(C)cc2)cc1. The Morgan fingerprint density at radius 2 is 1.69 bits per heavy atom. The van der Waals surface area contributed by atoms with Gasteiger partial charge in [0, 0.05) is 5.56 Å². The van der Waals surface area contributed by atoms with Crippen molar-refractivity contribution < 1.29 is 28.9 Å². The Bertz CT molecular complexity index is 1490. The van der Waals surface area contributed by atoms with E-state index in [9.17, 15) is 14.7 Å². The summed E-state index contributed by atoms with van der Waals surface area (Å²) in [5, 5.41) is 19.0. The van der Waals surface area contributed by atoms with E-state index in [1.165, 1.54) is 0 Å². The first-order valence-electron chi connectivity index (χ1n) is 14.0. The highest BCUT2D eigenvalue weighted by molar-refractivity contribution is 5.78. The van der Waals surface area contributed by atoms with Crippen molar-refractivity contribution in [3.8, 4) is 22.7 Å². The molecule has 0 saturated heterocycles. The standard InChI is InChI=1S/C33H35N3O6/c1-23-8-10-25(11-9-23)29-20-30(35-36(29)26-12-14-27(40-2)15-13-26)33(39)18-16-28(17-19-33)42-31(37)21-34-32(38)41-22-24-6-4-3-5-7-24/h3-15,20,28,39H,16-19,21-22H2,1-2H3,(H,34,38). The molecule has 1 heterocycles. The molecule has 1 saturated carbocycles. The first-order chi connectivity index (χ1) is 20.3. The predicted molar refractivity (Wildman–Crippen MR) is 157 cm³/mol. The Labute approximate surface area is 245 Å². The number of benzene rings is 3. The lowest BCUT2D eigenvalue weighted by Gasteiger charge is -2.34. The van der Waals surface area contributed by atoms with E-state index in [1.807, 2.05) is 96.5 Å². The summed E-state index contributed by atoms with van der Waals surface area (Å²) in [6, 6.07) is 27.0. The Morgan fingerprint density at radius 3 is 2.36 bits per heavy atom. The van der Waals surface area contributed by atoms with Crippen LogP contribution in [0.2, 0.25) is 0 Å². The fourth-order valence-electron chi connectivity index (χ4n) is 5.05. The van der Waals surface area contributed by atoms with E-state index >= 15 is 0 Å². The minimum atomic E-state index is -1.17. The van der Waals surface area contributed by atoms with E-state index in [-0.39, 0.29) is 19.3 Å². The maximum Gasteiger partial charge on any atom is 0.407 e. The maximum absolute atomic E-state index is 12.4. The van der Waals surface area contributed by atoms with Crippen LogP contribution in [0.25, 0.3) is 16.9 Å². The Morgan fingerprint density at radius 1 is 1.00 bits per heavy atom. The zero-order valence-electron chi connectivity index (χ0n) is 23.8. The van der Waals surface area contributed by atoms with Gasteiger partial charge < -0.3 is 24.6 Å². The van der Waals surface area contributed by atoms with Gasteiger partial charge in [-0.1, -0.05) is 60.2 Å². The second-order valence-electron chi connectivity index (χ2n) is 10.5. The van der Waals surface area contributed by atoms with Gasteiger partial charge in [0.05, 0.1) is 24.2 Å². The summed E-state index contributed by atoms with van der Waals surface area (Å²) >= 11 is 0. The van der Waals surface area contributed by atoms with Gasteiger partial charge in [-0.3, -0.25) is 4.79 Å². The summed E-state index contributed by atoms with van der Waals surface area (Å²) in [7, 11) is 1.62. The Balaban J connectivity index is 1.20. The van der Waals surface area contributed by atoms with Crippen LogP contribution in [0.4, 0.5) is 4.79 Å². The highest BCUT2D eigenvalue weighted by atomic mass is 16.6. The van der Waals surface area contributed by atoms with E-state index in [1.54, 1.807) is 7.11 Å². The van der Waals surface area contributed by atoms with Gasteiger partial charge in [-0.25, -0.2) is 9.48 Å². The minimum Gasteiger partial charge on any atom is -0.497 e. The van der Waals surface area contributed by atoms with Crippen LogP contribution in [-0.4, -0.2) is 46.7 Å². The zero-order chi connectivity index (χ0) is 29.5. The molecule has 2 N–H and O–H groups in total. The average Bonchev–Trinajstić information content (AvgIpc) is 3.48. The molecular formula is C33H35N3O6. The lowest BCUT2D eigenvalue weighted by molar-refractivity contribution is -0.152. The smallest absolute Gasteiger partial charge is 0.407 e. The van der Waals surface area contributed by atoms with Crippen molar-refractivity contribution in [3.05, 3.63) is 102 Å². The molecule has 218 valence electrons. The normalized spacial score (nSPS) is 18.2. The molecule has 1 fully saturated rings. The van der Waals surface area contributed by atoms with Gasteiger partial charge in [-0.05, 0) is 68.5 Å². The van der Waals surface area contributed by atoms with Gasteiger partial charge in [-0.15, -0.1) is 0 Å². The number of esters is 1. The molecule has 9 heteroatoms. The number of rotatable bonds is 9. The number of ether oxygens (including phenoxy) is 3. The summed E-state index contributed by atoms with van der Waals surface area (Å²) in [6.45, 7) is 1.86. The molecule has 0 radical (unpaired) electrons. The molecule has 1 aliphatic carbocycles. The molecular weight excluding hydrogens is 534 g/mol. The minimum absolute atomic E-state index is 0.114. The van der Waals surface area contributed by atoms with E-state index < -0.39 is 17.7 Å². The van der Waals surface area contributed by atoms with Gasteiger partial charge in [0.15, 0.2) is 0 Å². The van der Waals surface area contributed by atoms with Crippen LogP contribution >= 0.6 is 0 Å². The van der Waals surface area contributed by atoms with Crippen LogP contribution in [0, 0.1) is 6.92 Å². The van der Waals surface area contributed by atoms with Crippen molar-refractivity contribution in [3.63, 3.8) is 0 Å². The molecule has 42 heavy (non-hydrogen) atoms. The highest BCUT2D eigenvalue weighted by Gasteiger charge is 2.39. The number of methoxy groups -OCH3 is 1. The van der Waals surface area contributed by atoms with Crippen molar-refractivity contribution in [2.75, 3.05) is 13.7 Å². The van der Waals surface area contributed by atoms with Gasteiger partial charge in [0.1, 0.15) is 30.6 Å². The van der Waals surface area contributed by atoms with Crippen LogP contribution < -0.4 is 10.1 Å². The van der Waals surface area contributed by atoms with Crippen molar-refractivity contribution in [2.45, 2.75) is 50.9 Å². The number of amides is 1. The quantitative estimate of drug-likeness (QED) is 0.258. The number of aryl methyl sites for hydroxylation is 1. The monoisotopic (exact) mass is 569 g/mol. The van der Waals surface area contributed by atoms with Crippen LogP contribution in [0.5, 0.6) is 5.75 Å². The number of hydrogen-bond acceptors (Lipinski definition) is 7. The van der Waals surface area contributed by atoms with Crippen LogP contribution in [0.3, 0.4) is 0 Å². The number of aromatic nitrogens is 2.